The van der Waals surface area contributed by atoms with Crippen molar-refractivity contribution in [2.24, 2.45) is 34.5 Å². The highest BCUT2D eigenvalue weighted by atomic mass is 19.4. The summed E-state index contributed by atoms with van der Waals surface area (Å²) in [4.78, 5) is 0. The standard InChI is InChI=1S/C29H40F3N3O4/c1-15-20-9-8-19-17(14-33-13-16-4-6-18(7-5-16)28(34-35-28)29(30,31)32)11-26(20,24(19)38)12-23(37)27(39)21(15)10-22(36)25(27,2)3/h4-7,11,15,19-24,33-39H,8-10,12-14H2,1-3H3/t15-,19-,20-,21-,22-,23+,24+,26+,27-/m0/s1. The zero-order valence-electron chi connectivity index (χ0n) is 22.6. The summed E-state index contributed by atoms with van der Waals surface area (Å²) in [6.07, 6.45) is -2.35. The van der Waals surface area contributed by atoms with Crippen LogP contribution in [-0.4, -0.2) is 57.1 Å². The molecule has 1 saturated heterocycles. The third-order valence-corrected chi connectivity index (χ3v) is 11.4. The zero-order valence-corrected chi connectivity index (χ0v) is 22.6. The van der Waals surface area contributed by atoms with Crippen molar-refractivity contribution in [2.75, 3.05) is 6.54 Å². The molecule has 0 radical (unpaired) electrons. The van der Waals surface area contributed by atoms with Gasteiger partial charge in [-0.3, -0.25) is 0 Å². The molecule has 0 amide bonds. The number of fused-ring (bicyclic) bond motifs is 2. The van der Waals surface area contributed by atoms with Gasteiger partial charge in [0.15, 0.2) is 0 Å². The molecule has 4 fully saturated rings. The number of hydrazine groups is 1. The minimum absolute atomic E-state index is 0.0108. The Morgan fingerprint density at radius 2 is 1.64 bits per heavy atom. The molecule has 5 aliphatic rings. The lowest BCUT2D eigenvalue weighted by Crippen LogP contribution is -2.57. The number of nitrogens with one attached hydrogen (secondary N) is 3. The van der Waals surface area contributed by atoms with E-state index in [0.717, 1.165) is 24.0 Å². The molecule has 1 aromatic carbocycles. The van der Waals surface area contributed by atoms with Crippen LogP contribution in [0.2, 0.25) is 0 Å². The van der Waals surface area contributed by atoms with Crippen LogP contribution in [0.1, 0.15) is 57.6 Å². The smallest absolute Gasteiger partial charge is 0.392 e. The third-order valence-electron chi connectivity index (χ3n) is 11.4. The van der Waals surface area contributed by atoms with Crippen molar-refractivity contribution in [3.63, 3.8) is 0 Å². The van der Waals surface area contributed by atoms with Crippen LogP contribution in [0.4, 0.5) is 13.2 Å². The Kier molecular flexibility index (Phi) is 6.19. The normalized spacial score (nSPS) is 43.8. The van der Waals surface area contributed by atoms with Crippen LogP contribution in [-0.2, 0) is 12.2 Å². The summed E-state index contributed by atoms with van der Waals surface area (Å²) in [6.45, 7) is 6.74. The predicted octanol–water partition coefficient (Wildman–Crippen LogP) is 2.45. The lowest BCUT2D eigenvalue weighted by molar-refractivity contribution is -0.177. The van der Waals surface area contributed by atoms with Gasteiger partial charge < -0.3 is 25.7 Å². The first kappa shape index (κ1) is 27.6. The van der Waals surface area contributed by atoms with E-state index in [1.165, 1.54) is 12.1 Å². The molecular weight excluding hydrogens is 511 g/mol. The van der Waals surface area contributed by atoms with E-state index >= 15 is 0 Å². The number of aliphatic hydroxyl groups is 4. The molecule has 1 spiro atoms. The number of hydrogen-bond donors (Lipinski definition) is 7. The summed E-state index contributed by atoms with van der Waals surface area (Å²) < 4.78 is 40.0. The van der Waals surface area contributed by atoms with Crippen LogP contribution in [0.3, 0.4) is 0 Å². The van der Waals surface area contributed by atoms with E-state index in [0.29, 0.717) is 19.5 Å². The van der Waals surface area contributed by atoms with E-state index in [-0.39, 0.29) is 35.7 Å². The van der Waals surface area contributed by atoms with Crippen LogP contribution in [0, 0.1) is 34.5 Å². The van der Waals surface area contributed by atoms with Crippen LogP contribution in [0.5, 0.6) is 0 Å². The van der Waals surface area contributed by atoms with Gasteiger partial charge >= 0.3 is 6.18 Å². The van der Waals surface area contributed by atoms with Crippen LogP contribution in [0.25, 0.3) is 0 Å². The van der Waals surface area contributed by atoms with Crippen molar-refractivity contribution in [3.05, 3.63) is 47.0 Å². The molecule has 9 atom stereocenters. The summed E-state index contributed by atoms with van der Waals surface area (Å²) in [6, 6.07) is 6.31. The minimum atomic E-state index is -4.44. The molecule has 4 aliphatic carbocycles. The monoisotopic (exact) mass is 551 g/mol. The van der Waals surface area contributed by atoms with E-state index < -0.39 is 46.6 Å². The van der Waals surface area contributed by atoms with Crippen molar-refractivity contribution in [1.82, 2.24) is 16.2 Å². The van der Waals surface area contributed by atoms with Gasteiger partial charge in [-0.2, -0.15) is 13.2 Å². The molecule has 10 heteroatoms. The second-order valence-electron chi connectivity index (χ2n) is 13.3. The van der Waals surface area contributed by atoms with Crippen molar-refractivity contribution in [3.8, 4) is 0 Å². The summed E-state index contributed by atoms with van der Waals surface area (Å²) >= 11 is 0. The van der Waals surface area contributed by atoms with E-state index in [1.807, 2.05) is 13.8 Å². The van der Waals surface area contributed by atoms with Crippen molar-refractivity contribution < 1.29 is 33.6 Å². The second-order valence-corrected chi connectivity index (χ2v) is 13.3. The molecule has 7 N–H and O–H groups in total. The van der Waals surface area contributed by atoms with Gasteiger partial charge in [0.1, 0.15) is 5.60 Å². The number of alkyl halides is 3. The molecule has 0 unspecified atom stereocenters. The minimum Gasteiger partial charge on any atom is -0.392 e. The van der Waals surface area contributed by atoms with Crippen LogP contribution >= 0.6 is 0 Å². The Morgan fingerprint density at radius 3 is 2.26 bits per heavy atom. The van der Waals surface area contributed by atoms with Gasteiger partial charge in [0.25, 0.3) is 0 Å². The fraction of sp³-hybridized carbons (Fsp3) is 0.724. The van der Waals surface area contributed by atoms with E-state index in [4.69, 9.17) is 0 Å². The Labute approximate surface area is 226 Å². The summed E-state index contributed by atoms with van der Waals surface area (Å²) in [5.74, 6) is -0.215. The molecule has 39 heavy (non-hydrogen) atoms. The number of aliphatic hydroxyl groups excluding tert-OH is 3. The number of hydrogen-bond acceptors (Lipinski definition) is 7. The highest BCUT2D eigenvalue weighted by Crippen LogP contribution is 2.66. The quantitative estimate of drug-likeness (QED) is 0.221. The number of halogens is 3. The van der Waals surface area contributed by atoms with Gasteiger partial charge in [-0.25, -0.2) is 10.9 Å². The summed E-state index contributed by atoms with van der Waals surface area (Å²) in [7, 11) is 0. The van der Waals surface area contributed by atoms with Gasteiger partial charge in [-0.1, -0.05) is 56.7 Å². The Balaban J connectivity index is 1.19. The van der Waals surface area contributed by atoms with Gasteiger partial charge in [-0.15, -0.1) is 0 Å². The maximum absolute atomic E-state index is 13.3. The van der Waals surface area contributed by atoms with Crippen LogP contribution in [0.15, 0.2) is 35.9 Å². The average Bonchev–Trinajstić information content (AvgIpc) is 3.64. The molecule has 1 aromatic rings. The van der Waals surface area contributed by atoms with Crippen molar-refractivity contribution in [2.45, 2.75) is 88.8 Å². The molecule has 6 rings (SSSR count). The highest BCUT2D eigenvalue weighted by Gasteiger charge is 2.70. The second kappa shape index (κ2) is 8.74. The zero-order chi connectivity index (χ0) is 28.2. The van der Waals surface area contributed by atoms with Gasteiger partial charge in [0.05, 0.1) is 18.3 Å². The number of rotatable bonds is 5. The predicted molar refractivity (Wildman–Crippen MR) is 138 cm³/mol. The lowest BCUT2D eigenvalue weighted by atomic mass is 9.59. The average molecular weight is 552 g/mol. The Bertz CT molecular complexity index is 1150. The molecule has 3 saturated carbocycles. The third kappa shape index (κ3) is 3.68. The number of benzene rings is 1. The lowest BCUT2D eigenvalue weighted by Gasteiger charge is -2.47. The SMILES string of the molecule is C[C@H]1[C@@H]2CC[C@H]3C(CNCc4ccc(C5(C(F)(F)F)NN5)cc4)=C[C@]2(C[C@@H](O)[C@@]2(O)[C@H]1C[C@H](O)C2(C)C)[C@@H]3O. The van der Waals surface area contributed by atoms with E-state index in [1.54, 1.807) is 12.1 Å². The van der Waals surface area contributed by atoms with Crippen molar-refractivity contribution >= 4 is 0 Å². The Hall–Kier alpha value is -1.53. The van der Waals surface area contributed by atoms with Gasteiger partial charge in [0, 0.05) is 29.8 Å². The Morgan fingerprint density at radius 1 is 0.974 bits per heavy atom. The maximum atomic E-state index is 13.3. The van der Waals surface area contributed by atoms with E-state index in [2.05, 4.69) is 29.2 Å². The first-order valence-electron chi connectivity index (χ1n) is 14.1. The topological polar surface area (TPSA) is 137 Å². The molecule has 2 bridgehead atoms. The molecule has 1 heterocycles. The summed E-state index contributed by atoms with van der Waals surface area (Å²) in [5, 5.41) is 49.3. The first-order valence-corrected chi connectivity index (χ1v) is 14.1. The fourth-order valence-corrected chi connectivity index (χ4v) is 8.94. The first-order chi connectivity index (χ1) is 18.2. The fourth-order valence-electron chi connectivity index (χ4n) is 8.94. The summed E-state index contributed by atoms with van der Waals surface area (Å²) in [5.41, 5.74) is 1.36. The van der Waals surface area contributed by atoms with E-state index in [9.17, 15) is 33.6 Å². The molecule has 7 nitrogen and oxygen atoms in total. The largest absolute Gasteiger partial charge is 0.426 e. The maximum Gasteiger partial charge on any atom is 0.426 e. The van der Waals surface area contributed by atoms with Crippen molar-refractivity contribution in [1.29, 1.82) is 0 Å². The molecular formula is C29H40F3N3O4. The molecule has 0 aromatic heterocycles. The van der Waals surface area contributed by atoms with Gasteiger partial charge in [-0.05, 0) is 54.6 Å². The molecule has 216 valence electrons. The highest BCUT2D eigenvalue weighted by molar-refractivity contribution is 5.34. The van der Waals surface area contributed by atoms with Crippen LogP contribution < -0.4 is 16.2 Å². The van der Waals surface area contributed by atoms with Gasteiger partial charge in [0.2, 0.25) is 5.66 Å². The molecule has 1 aliphatic heterocycles.